The lowest BCUT2D eigenvalue weighted by Crippen LogP contribution is -1.96. The molecule has 3 heteroatoms. The van der Waals surface area contributed by atoms with Crippen LogP contribution in [0.1, 0.15) is 12.8 Å². The number of para-hydroxylation sites is 3. The molecule has 12 aromatic rings. The van der Waals surface area contributed by atoms with Crippen LogP contribution in [0, 0.1) is 0 Å². The Morgan fingerprint density at radius 3 is 1.24 bits per heavy atom. The number of benzene rings is 9. The second-order valence-corrected chi connectivity index (χ2v) is 16.8. The van der Waals surface area contributed by atoms with Crippen LogP contribution < -0.4 is 0 Å². The van der Waals surface area contributed by atoms with Crippen molar-refractivity contribution in [2.75, 3.05) is 0 Å². The molecular formula is C60H41N3. The molecule has 3 heterocycles. The van der Waals surface area contributed by atoms with E-state index < -0.39 is 0 Å². The third-order valence-corrected chi connectivity index (χ3v) is 13.2. The summed E-state index contributed by atoms with van der Waals surface area (Å²) in [7, 11) is 0. The lowest BCUT2D eigenvalue weighted by Gasteiger charge is -2.12. The maximum absolute atomic E-state index is 2.45. The second-order valence-electron chi connectivity index (χ2n) is 16.8. The van der Waals surface area contributed by atoms with Crippen molar-refractivity contribution in [3.63, 3.8) is 0 Å². The van der Waals surface area contributed by atoms with Gasteiger partial charge in [0.2, 0.25) is 0 Å². The Balaban J connectivity index is 1.01. The maximum Gasteiger partial charge on any atom is 0.0541 e. The molecule has 13 rings (SSSR count). The predicted octanol–water partition coefficient (Wildman–Crippen LogP) is 16.2. The molecule has 0 saturated heterocycles. The third kappa shape index (κ3) is 5.67. The first-order valence-electron chi connectivity index (χ1n) is 22.0. The standard InChI is InChI=1S/C60H41N3/c1-4-15-40(16-5-1)41-17-14-22-48(35-41)63-59-33-29-44(42-27-31-57-51(36-42)49-23-10-12-25-55(49)61(57)46-18-6-2-7-19-46)38-53(59)54-39-45(30-34-60(54)63)43-28-32-58-52(37-43)50-24-11-13-26-56(50)62(58)47-20-8-3-9-21-47/h1-2,4-8,10-39H,3,9H2. The van der Waals surface area contributed by atoms with Gasteiger partial charge in [-0.15, -0.1) is 0 Å². The van der Waals surface area contributed by atoms with E-state index >= 15 is 0 Å². The minimum absolute atomic E-state index is 1.07. The molecule has 63 heavy (non-hydrogen) atoms. The van der Waals surface area contributed by atoms with Crippen LogP contribution in [0.15, 0.2) is 224 Å². The van der Waals surface area contributed by atoms with Gasteiger partial charge in [0.1, 0.15) is 0 Å². The lowest BCUT2D eigenvalue weighted by molar-refractivity contribution is 1.02. The Hall–Kier alpha value is -8.14. The summed E-state index contributed by atoms with van der Waals surface area (Å²) in [4.78, 5) is 0. The third-order valence-electron chi connectivity index (χ3n) is 13.2. The highest BCUT2D eigenvalue weighted by Crippen LogP contribution is 2.41. The fraction of sp³-hybridized carbons (Fsp3) is 0.0333. The van der Waals surface area contributed by atoms with E-state index in [1.807, 2.05) is 0 Å². The largest absolute Gasteiger partial charge is 0.310 e. The van der Waals surface area contributed by atoms with Crippen molar-refractivity contribution < 1.29 is 0 Å². The highest BCUT2D eigenvalue weighted by Gasteiger charge is 2.19. The quantitative estimate of drug-likeness (QED) is 0.159. The predicted molar refractivity (Wildman–Crippen MR) is 267 cm³/mol. The summed E-state index contributed by atoms with van der Waals surface area (Å²) in [5.74, 6) is 0. The molecule has 0 unspecified atom stereocenters. The van der Waals surface area contributed by atoms with Crippen LogP contribution >= 0.6 is 0 Å². The molecule has 3 aromatic heterocycles. The van der Waals surface area contributed by atoms with Gasteiger partial charge in [-0.1, -0.05) is 133 Å². The normalized spacial score (nSPS) is 13.0. The van der Waals surface area contributed by atoms with Gasteiger partial charge in [-0.25, -0.2) is 0 Å². The topological polar surface area (TPSA) is 14.8 Å². The Morgan fingerprint density at radius 2 is 0.683 bits per heavy atom. The number of hydrogen-bond acceptors (Lipinski definition) is 0. The van der Waals surface area contributed by atoms with Crippen molar-refractivity contribution in [1.82, 2.24) is 13.7 Å². The van der Waals surface area contributed by atoms with Gasteiger partial charge < -0.3 is 13.7 Å². The summed E-state index contributed by atoms with van der Waals surface area (Å²) in [6.45, 7) is 0. The Morgan fingerprint density at radius 1 is 0.270 bits per heavy atom. The van der Waals surface area contributed by atoms with Gasteiger partial charge in [-0.05, 0) is 137 Å². The molecule has 0 saturated carbocycles. The second kappa shape index (κ2) is 14.2. The van der Waals surface area contributed by atoms with E-state index in [-0.39, 0.29) is 0 Å². The van der Waals surface area contributed by atoms with Gasteiger partial charge in [0.05, 0.1) is 33.1 Å². The summed E-state index contributed by atoms with van der Waals surface area (Å²) in [6.07, 6.45) is 9.10. The Bertz CT molecular complexity index is 3840. The van der Waals surface area contributed by atoms with Crippen molar-refractivity contribution in [2.45, 2.75) is 12.8 Å². The van der Waals surface area contributed by atoms with Gasteiger partial charge in [-0.3, -0.25) is 0 Å². The zero-order chi connectivity index (χ0) is 41.4. The molecule has 0 N–H and O–H groups in total. The van der Waals surface area contributed by atoms with Crippen molar-refractivity contribution >= 4 is 71.1 Å². The number of aromatic nitrogens is 3. The number of allylic oxidation sites excluding steroid dienone is 4. The molecule has 0 fully saturated rings. The van der Waals surface area contributed by atoms with Crippen LogP contribution in [0.3, 0.4) is 0 Å². The van der Waals surface area contributed by atoms with Crippen molar-refractivity contribution in [3.05, 3.63) is 224 Å². The maximum atomic E-state index is 2.45. The first kappa shape index (κ1) is 35.6. The summed E-state index contributed by atoms with van der Waals surface area (Å²) in [5.41, 5.74) is 18.1. The van der Waals surface area contributed by atoms with Gasteiger partial charge in [-0.2, -0.15) is 0 Å². The van der Waals surface area contributed by atoms with Gasteiger partial charge in [0.15, 0.2) is 0 Å². The van der Waals surface area contributed by atoms with E-state index in [1.54, 1.807) is 0 Å². The summed E-state index contributed by atoms with van der Waals surface area (Å²) in [6, 6.07) is 76.0. The zero-order valence-corrected chi connectivity index (χ0v) is 34.6. The summed E-state index contributed by atoms with van der Waals surface area (Å²) < 4.78 is 7.27. The first-order chi connectivity index (χ1) is 31.2. The zero-order valence-electron chi connectivity index (χ0n) is 34.6. The average molecular weight is 804 g/mol. The molecule has 1 aliphatic rings. The molecule has 0 amide bonds. The minimum Gasteiger partial charge on any atom is -0.310 e. The van der Waals surface area contributed by atoms with E-state index in [4.69, 9.17) is 0 Å². The fourth-order valence-corrected chi connectivity index (χ4v) is 10.3. The Labute approximate surface area is 365 Å². The molecule has 0 spiro atoms. The SMILES string of the molecule is C1=CC(n2c3ccccc3c3cc(-c4ccc5c(c4)c4cc(-c6ccc7c(c6)c6ccccc6n7-c6ccccc6)ccc4n5-c4cccc(-c5ccccc5)c4)ccc32)=CCC1. The Kier molecular flexibility index (Phi) is 8.04. The van der Waals surface area contributed by atoms with Crippen LogP contribution in [0.5, 0.6) is 0 Å². The number of fused-ring (bicyclic) bond motifs is 9. The highest BCUT2D eigenvalue weighted by molar-refractivity contribution is 6.15. The number of rotatable bonds is 6. The molecule has 1 aliphatic carbocycles. The fourth-order valence-electron chi connectivity index (χ4n) is 10.3. The number of hydrogen-bond donors (Lipinski definition) is 0. The van der Waals surface area contributed by atoms with Crippen LogP contribution in [-0.4, -0.2) is 13.7 Å². The van der Waals surface area contributed by atoms with Crippen LogP contribution in [0.4, 0.5) is 0 Å². The molecule has 0 atom stereocenters. The summed E-state index contributed by atoms with van der Waals surface area (Å²) >= 11 is 0. The lowest BCUT2D eigenvalue weighted by atomic mass is 9.98. The van der Waals surface area contributed by atoms with Crippen LogP contribution in [-0.2, 0) is 0 Å². The number of nitrogens with zero attached hydrogens (tertiary/aromatic N) is 3. The van der Waals surface area contributed by atoms with Gasteiger partial charge >= 0.3 is 0 Å². The molecule has 3 nitrogen and oxygen atoms in total. The van der Waals surface area contributed by atoms with E-state index in [2.05, 4.69) is 238 Å². The monoisotopic (exact) mass is 803 g/mol. The van der Waals surface area contributed by atoms with Crippen molar-refractivity contribution in [1.29, 1.82) is 0 Å². The first-order valence-corrected chi connectivity index (χ1v) is 22.0. The average Bonchev–Trinajstić information content (AvgIpc) is 3.99. The molecule has 9 aromatic carbocycles. The van der Waals surface area contributed by atoms with E-state index in [9.17, 15) is 0 Å². The molecule has 0 aliphatic heterocycles. The van der Waals surface area contributed by atoms with Gasteiger partial charge in [0.25, 0.3) is 0 Å². The summed E-state index contributed by atoms with van der Waals surface area (Å²) in [5, 5.41) is 7.52. The molecule has 296 valence electrons. The minimum atomic E-state index is 1.07. The molecule has 0 bridgehead atoms. The van der Waals surface area contributed by atoms with E-state index in [0.29, 0.717) is 0 Å². The van der Waals surface area contributed by atoms with Gasteiger partial charge in [0, 0.05) is 49.4 Å². The molecular weight excluding hydrogens is 763 g/mol. The smallest absolute Gasteiger partial charge is 0.0541 e. The van der Waals surface area contributed by atoms with E-state index in [0.717, 1.165) is 18.5 Å². The van der Waals surface area contributed by atoms with Crippen LogP contribution in [0.25, 0.3) is 116 Å². The molecule has 0 radical (unpaired) electrons. The van der Waals surface area contributed by atoms with Crippen molar-refractivity contribution in [3.8, 4) is 44.8 Å². The highest BCUT2D eigenvalue weighted by atomic mass is 15.0. The van der Waals surface area contributed by atoms with E-state index in [1.165, 1.54) is 110 Å². The van der Waals surface area contributed by atoms with Crippen LogP contribution in [0.2, 0.25) is 0 Å². The van der Waals surface area contributed by atoms with Crippen molar-refractivity contribution in [2.24, 2.45) is 0 Å².